The molecule has 1 unspecified atom stereocenters. The van der Waals surface area contributed by atoms with Gasteiger partial charge in [-0.15, -0.1) is 0 Å². The second-order valence-corrected chi connectivity index (χ2v) is 6.14. The SMILES string of the molecule is CC(C)SCC(N)CC1CCCC1. The minimum absolute atomic E-state index is 0.440. The molecule has 0 bridgehead atoms. The maximum absolute atomic E-state index is 6.08. The lowest BCUT2D eigenvalue weighted by molar-refractivity contribution is 0.461. The van der Waals surface area contributed by atoms with E-state index < -0.39 is 0 Å². The minimum atomic E-state index is 0.440. The molecule has 13 heavy (non-hydrogen) atoms. The highest BCUT2D eigenvalue weighted by molar-refractivity contribution is 7.99. The van der Waals surface area contributed by atoms with Gasteiger partial charge in [-0.2, -0.15) is 11.8 Å². The molecular weight excluding hydrogens is 178 g/mol. The van der Waals surface area contributed by atoms with Gasteiger partial charge < -0.3 is 5.73 Å². The molecule has 2 heteroatoms. The lowest BCUT2D eigenvalue weighted by Crippen LogP contribution is -2.26. The molecule has 1 fully saturated rings. The van der Waals surface area contributed by atoms with Crippen LogP contribution in [0.15, 0.2) is 0 Å². The monoisotopic (exact) mass is 201 g/mol. The number of hydrogen-bond acceptors (Lipinski definition) is 2. The predicted octanol–water partition coefficient (Wildman–Crippen LogP) is 3.04. The van der Waals surface area contributed by atoms with Crippen molar-refractivity contribution in [3.8, 4) is 0 Å². The van der Waals surface area contributed by atoms with Crippen LogP contribution in [0.1, 0.15) is 46.0 Å². The number of thioether (sulfide) groups is 1. The summed E-state index contributed by atoms with van der Waals surface area (Å²) in [6, 6.07) is 0.440. The average Bonchev–Trinajstić information content (AvgIpc) is 2.53. The van der Waals surface area contributed by atoms with E-state index in [1.165, 1.54) is 32.1 Å². The summed E-state index contributed by atoms with van der Waals surface area (Å²) in [5, 5.41) is 0.731. The van der Waals surface area contributed by atoms with Gasteiger partial charge in [-0.25, -0.2) is 0 Å². The van der Waals surface area contributed by atoms with Crippen LogP contribution in [0.2, 0.25) is 0 Å². The van der Waals surface area contributed by atoms with Gasteiger partial charge in [0.05, 0.1) is 0 Å². The Kier molecular flexibility index (Phi) is 5.18. The highest BCUT2D eigenvalue weighted by atomic mass is 32.2. The molecule has 0 heterocycles. The van der Waals surface area contributed by atoms with Crippen molar-refractivity contribution in [2.24, 2.45) is 11.7 Å². The van der Waals surface area contributed by atoms with Crippen LogP contribution in [0.25, 0.3) is 0 Å². The highest BCUT2D eigenvalue weighted by Gasteiger charge is 2.17. The zero-order valence-corrected chi connectivity index (χ0v) is 9.78. The molecule has 0 spiro atoms. The summed E-state index contributed by atoms with van der Waals surface area (Å²) < 4.78 is 0. The summed E-state index contributed by atoms with van der Waals surface area (Å²) in [7, 11) is 0. The average molecular weight is 201 g/mol. The van der Waals surface area contributed by atoms with Crippen molar-refractivity contribution < 1.29 is 0 Å². The van der Waals surface area contributed by atoms with Crippen molar-refractivity contribution in [1.82, 2.24) is 0 Å². The third-order valence-corrected chi connectivity index (χ3v) is 4.04. The van der Waals surface area contributed by atoms with E-state index >= 15 is 0 Å². The minimum Gasteiger partial charge on any atom is -0.327 e. The van der Waals surface area contributed by atoms with Crippen LogP contribution >= 0.6 is 11.8 Å². The Morgan fingerprint density at radius 3 is 2.46 bits per heavy atom. The van der Waals surface area contributed by atoms with Gasteiger partial charge in [0.2, 0.25) is 0 Å². The molecule has 0 saturated heterocycles. The van der Waals surface area contributed by atoms with Crippen molar-refractivity contribution in [2.45, 2.75) is 57.2 Å². The standard InChI is InChI=1S/C11H23NS/c1-9(2)13-8-11(12)7-10-5-3-4-6-10/h9-11H,3-8,12H2,1-2H3. The van der Waals surface area contributed by atoms with Crippen LogP contribution in [-0.4, -0.2) is 17.0 Å². The third kappa shape index (κ3) is 4.92. The Hall–Kier alpha value is 0.310. The second-order valence-electron chi connectivity index (χ2n) is 4.53. The first-order valence-electron chi connectivity index (χ1n) is 5.55. The van der Waals surface area contributed by atoms with Crippen LogP contribution in [0.5, 0.6) is 0 Å². The fraction of sp³-hybridized carbons (Fsp3) is 1.00. The molecule has 1 aliphatic rings. The zero-order valence-electron chi connectivity index (χ0n) is 8.96. The number of hydrogen-bond donors (Lipinski definition) is 1. The maximum atomic E-state index is 6.08. The Morgan fingerprint density at radius 1 is 1.31 bits per heavy atom. The summed E-state index contributed by atoms with van der Waals surface area (Å²) in [6.45, 7) is 4.49. The maximum Gasteiger partial charge on any atom is 0.0133 e. The van der Waals surface area contributed by atoms with E-state index in [9.17, 15) is 0 Å². The van der Waals surface area contributed by atoms with E-state index in [0.29, 0.717) is 6.04 Å². The summed E-state index contributed by atoms with van der Waals surface area (Å²) in [6.07, 6.45) is 7.00. The van der Waals surface area contributed by atoms with Gasteiger partial charge in [-0.3, -0.25) is 0 Å². The molecular formula is C11H23NS. The smallest absolute Gasteiger partial charge is 0.0133 e. The number of rotatable bonds is 5. The lowest BCUT2D eigenvalue weighted by atomic mass is 10.00. The Balaban J connectivity index is 2.05. The fourth-order valence-electron chi connectivity index (χ4n) is 2.06. The van der Waals surface area contributed by atoms with Crippen LogP contribution in [0.3, 0.4) is 0 Å². The van der Waals surface area contributed by atoms with Crippen molar-refractivity contribution >= 4 is 11.8 Å². The molecule has 2 N–H and O–H groups in total. The molecule has 0 amide bonds. The molecule has 1 rings (SSSR count). The highest BCUT2D eigenvalue weighted by Crippen LogP contribution is 2.28. The van der Waals surface area contributed by atoms with Crippen LogP contribution < -0.4 is 5.73 Å². The molecule has 1 aliphatic carbocycles. The van der Waals surface area contributed by atoms with E-state index in [0.717, 1.165) is 16.9 Å². The van der Waals surface area contributed by atoms with Crippen LogP contribution in [0.4, 0.5) is 0 Å². The molecule has 0 aromatic rings. The van der Waals surface area contributed by atoms with Gasteiger partial charge in [-0.05, 0) is 17.6 Å². The Labute approximate surface area is 86.8 Å². The van der Waals surface area contributed by atoms with E-state index in [1.54, 1.807) is 0 Å². The number of nitrogens with two attached hydrogens (primary N) is 1. The summed E-state index contributed by atoms with van der Waals surface area (Å²) in [5.41, 5.74) is 6.08. The Morgan fingerprint density at radius 2 is 1.92 bits per heavy atom. The topological polar surface area (TPSA) is 26.0 Å². The zero-order chi connectivity index (χ0) is 9.68. The summed E-state index contributed by atoms with van der Waals surface area (Å²) in [4.78, 5) is 0. The molecule has 1 atom stereocenters. The normalized spacial score (nSPS) is 21.2. The van der Waals surface area contributed by atoms with Crippen molar-refractivity contribution in [3.63, 3.8) is 0 Å². The van der Waals surface area contributed by atoms with Crippen molar-refractivity contribution in [2.75, 3.05) is 5.75 Å². The molecule has 1 nitrogen and oxygen atoms in total. The Bertz CT molecular complexity index is 130. The largest absolute Gasteiger partial charge is 0.327 e. The van der Waals surface area contributed by atoms with E-state index in [2.05, 4.69) is 13.8 Å². The predicted molar refractivity (Wildman–Crippen MR) is 62.1 cm³/mol. The van der Waals surface area contributed by atoms with Gasteiger partial charge >= 0.3 is 0 Å². The molecule has 0 radical (unpaired) electrons. The first-order chi connectivity index (χ1) is 6.18. The quantitative estimate of drug-likeness (QED) is 0.740. The third-order valence-electron chi connectivity index (χ3n) is 2.75. The lowest BCUT2D eigenvalue weighted by Gasteiger charge is -2.16. The van der Waals surface area contributed by atoms with Gasteiger partial charge in [-0.1, -0.05) is 39.5 Å². The van der Waals surface area contributed by atoms with E-state index in [-0.39, 0.29) is 0 Å². The van der Waals surface area contributed by atoms with Crippen LogP contribution in [-0.2, 0) is 0 Å². The fourth-order valence-corrected chi connectivity index (χ4v) is 2.83. The second kappa shape index (κ2) is 5.92. The van der Waals surface area contributed by atoms with Gasteiger partial charge in [0.15, 0.2) is 0 Å². The molecule has 0 aromatic carbocycles. The molecule has 1 saturated carbocycles. The van der Waals surface area contributed by atoms with E-state index in [1.807, 2.05) is 11.8 Å². The summed E-state index contributed by atoms with van der Waals surface area (Å²) >= 11 is 2.00. The molecule has 0 aliphatic heterocycles. The van der Waals surface area contributed by atoms with Gasteiger partial charge in [0.1, 0.15) is 0 Å². The van der Waals surface area contributed by atoms with Crippen LogP contribution in [0, 0.1) is 5.92 Å². The van der Waals surface area contributed by atoms with Crippen molar-refractivity contribution in [1.29, 1.82) is 0 Å². The van der Waals surface area contributed by atoms with E-state index in [4.69, 9.17) is 5.73 Å². The van der Waals surface area contributed by atoms with Crippen molar-refractivity contribution in [3.05, 3.63) is 0 Å². The molecule has 78 valence electrons. The van der Waals surface area contributed by atoms with Gasteiger partial charge in [0.25, 0.3) is 0 Å². The first-order valence-corrected chi connectivity index (χ1v) is 6.60. The first kappa shape index (κ1) is 11.4. The summed E-state index contributed by atoms with van der Waals surface area (Å²) in [5.74, 6) is 2.09. The molecule has 0 aromatic heterocycles. The van der Waals surface area contributed by atoms with Gasteiger partial charge in [0, 0.05) is 11.8 Å².